The van der Waals surface area contributed by atoms with Crippen LogP contribution < -0.4 is 10.6 Å². The minimum absolute atomic E-state index is 0.0601. The van der Waals surface area contributed by atoms with Crippen LogP contribution in [-0.2, 0) is 4.79 Å². The normalized spacial score (nSPS) is 23.3. The van der Waals surface area contributed by atoms with Gasteiger partial charge >= 0.3 is 6.03 Å². The number of carbonyl (C=O) groups excluding carboxylic acids is 2. The van der Waals surface area contributed by atoms with Crippen molar-refractivity contribution >= 4 is 11.9 Å². The van der Waals surface area contributed by atoms with Gasteiger partial charge in [0.05, 0.1) is 0 Å². The van der Waals surface area contributed by atoms with E-state index in [1.807, 2.05) is 25.7 Å². The van der Waals surface area contributed by atoms with E-state index in [9.17, 15) is 9.59 Å². The fourth-order valence-electron chi connectivity index (χ4n) is 3.87. The SMILES string of the molecule is CCNC(=O)NCC1CCCN(C2CCN(C(=O)C(C)C)CC2)C1. The smallest absolute Gasteiger partial charge is 0.314 e. The largest absolute Gasteiger partial charge is 0.342 e. The standard InChI is InChI=1S/C18H34N4O2/c1-4-19-18(24)20-12-15-6-5-9-22(13-15)16-7-10-21(11-8-16)17(23)14(2)3/h14-16H,4-13H2,1-3H3,(H2,19,20,24). The quantitative estimate of drug-likeness (QED) is 0.801. The molecule has 0 bridgehead atoms. The minimum atomic E-state index is -0.0601. The zero-order valence-electron chi connectivity index (χ0n) is 15.5. The predicted molar refractivity (Wildman–Crippen MR) is 95.8 cm³/mol. The van der Waals surface area contributed by atoms with Gasteiger partial charge in [-0.2, -0.15) is 0 Å². The molecule has 2 heterocycles. The Morgan fingerprint density at radius 2 is 1.79 bits per heavy atom. The Bertz CT molecular complexity index is 419. The van der Waals surface area contributed by atoms with Gasteiger partial charge in [0.25, 0.3) is 0 Å². The molecule has 2 rings (SSSR count). The first kappa shape index (κ1) is 19.0. The van der Waals surface area contributed by atoms with Crippen molar-refractivity contribution in [2.24, 2.45) is 11.8 Å². The molecule has 1 unspecified atom stereocenters. The highest BCUT2D eigenvalue weighted by Gasteiger charge is 2.30. The molecule has 1 atom stereocenters. The summed E-state index contributed by atoms with van der Waals surface area (Å²) in [6.07, 6.45) is 4.55. The third kappa shape index (κ3) is 5.36. The Labute approximate surface area is 146 Å². The summed E-state index contributed by atoms with van der Waals surface area (Å²) in [4.78, 5) is 28.3. The Kier molecular flexibility index (Phi) is 7.34. The summed E-state index contributed by atoms with van der Waals surface area (Å²) in [5, 5.41) is 5.76. The van der Waals surface area contributed by atoms with Crippen molar-refractivity contribution in [2.75, 3.05) is 39.3 Å². The minimum Gasteiger partial charge on any atom is -0.342 e. The van der Waals surface area contributed by atoms with Crippen LogP contribution in [0.2, 0.25) is 0 Å². The van der Waals surface area contributed by atoms with Crippen molar-refractivity contribution in [2.45, 2.75) is 52.5 Å². The van der Waals surface area contributed by atoms with Crippen LogP contribution in [0.4, 0.5) is 4.79 Å². The fraction of sp³-hybridized carbons (Fsp3) is 0.889. The summed E-state index contributed by atoms with van der Waals surface area (Å²) in [7, 11) is 0. The Hall–Kier alpha value is -1.30. The zero-order chi connectivity index (χ0) is 17.5. The van der Waals surface area contributed by atoms with Gasteiger partial charge in [-0.15, -0.1) is 0 Å². The monoisotopic (exact) mass is 338 g/mol. The number of likely N-dealkylation sites (tertiary alicyclic amines) is 2. The highest BCUT2D eigenvalue weighted by Crippen LogP contribution is 2.24. The highest BCUT2D eigenvalue weighted by atomic mass is 16.2. The molecule has 0 spiro atoms. The van der Waals surface area contributed by atoms with E-state index in [2.05, 4.69) is 15.5 Å². The summed E-state index contributed by atoms with van der Waals surface area (Å²) < 4.78 is 0. The molecule has 6 heteroatoms. The van der Waals surface area contributed by atoms with Crippen LogP contribution in [0, 0.1) is 11.8 Å². The average molecular weight is 338 g/mol. The molecule has 24 heavy (non-hydrogen) atoms. The van der Waals surface area contributed by atoms with E-state index in [0.717, 1.165) is 45.6 Å². The summed E-state index contributed by atoms with van der Waals surface area (Å²) in [5.41, 5.74) is 0. The topological polar surface area (TPSA) is 64.7 Å². The molecule has 0 radical (unpaired) electrons. The van der Waals surface area contributed by atoms with E-state index in [1.54, 1.807) is 0 Å². The number of nitrogens with one attached hydrogen (secondary N) is 2. The van der Waals surface area contributed by atoms with Gasteiger partial charge in [0.15, 0.2) is 0 Å². The molecular formula is C18H34N4O2. The van der Waals surface area contributed by atoms with Crippen molar-refractivity contribution < 1.29 is 9.59 Å². The van der Waals surface area contributed by atoms with Crippen molar-refractivity contribution in [1.82, 2.24) is 20.4 Å². The third-order valence-corrected chi connectivity index (χ3v) is 5.23. The van der Waals surface area contributed by atoms with Crippen molar-refractivity contribution in [3.63, 3.8) is 0 Å². The van der Waals surface area contributed by atoms with Gasteiger partial charge in [0.2, 0.25) is 5.91 Å². The van der Waals surface area contributed by atoms with Crippen LogP contribution in [0.15, 0.2) is 0 Å². The number of rotatable bonds is 5. The molecule has 6 nitrogen and oxygen atoms in total. The first-order valence-corrected chi connectivity index (χ1v) is 9.55. The van der Waals surface area contributed by atoms with Gasteiger partial charge in [0, 0.05) is 44.7 Å². The second-order valence-electron chi connectivity index (χ2n) is 7.45. The van der Waals surface area contributed by atoms with Crippen molar-refractivity contribution in [3.05, 3.63) is 0 Å². The molecule has 2 fully saturated rings. The lowest BCUT2D eigenvalue weighted by atomic mass is 9.93. The maximum absolute atomic E-state index is 12.1. The van der Waals surface area contributed by atoms with Crippen molar-refractivity contribution in [1.29, 1.82) is 0 Å². The molecular weight excluding hydrogens is 304 g/mol. The summed E-state index contributed by atoms with van der Waals surface area (Å²) in [6, 6.07) is 0.531. The number of nitrogens with zero attached hydrogens (tertiary/aromatic N) is 2. The van der Waals surface area contributed by atoms with E-state index in [0.29, 0.717) is 18.5 Å². The molecule has 138 valence electrons. The highest BCUT2D eigenvalue weighted by molar-refractivity contribution is 5.78. The lowest BCUT2D eigenvalue weighted by molar-refractivity contribution is -0.136. The van der Waals surface area contributed by atoms with Crippen LogP contribution >= 0.6 is 0 Å². The van der Waals surface area contributed by atoms with Gasteiger partial charge in [0.1, 0.15) is 0 Å². The molecule has 2 aliphatic heterocycles. The van der Waals surface area contributed by atoms with Crippen LogP contribution in [0.3, 0.4) is 0 Å². The zero-order valence-corrected chi connectivity index (χ0v) is 15.5. The second-order valence-corrected chi connectivity index (χ2v) is 7.45. The van der Waals surface area contributed by atoms with E-state index >= 15 is 0 Å². The molecule has 0 aromatic rings. The van der Waals surface area contributed by atoms with Crippen LogP contribution in [-0.4, -0.2) is 67.0 Å². The van der Waals surface area contributed by atoms with E-state index in [-0.39, 0.29) is 17.9 Å². The molecule has 0 aromatic heterocycles. The molecule has 0 aromatic carbocycles. The molecule has 3 amide bonds. The Morgan fingerprint density at radius 3 is 2.42 bits per heavy atom. The third-order valence-electron chi connectivity index (χ3n) is 5.23. The van der Waals surface area contributed by atoms with E-state index < -0.39 is 0 Å². The number of amides is 3. The van der Waals surface area contributed by atoms with E-state index in [4.69, 9.17) is 0 Å². The maximum Gasteiger partial charge on any atom is 0.314 e. The number of urea groups is 1. The van der Waals surface area contributed by atoms with Crippen LogP contribution in [0.1, 0.15) is 46.5 Å². The van der Waals surface area contributed by atoms with Crippen LogP contribution in [0.5, 0.6) is 0 Å². The second kappa shape index (κ2) is 9.25. The van der Waals surface area contributed by atoms with Crippen molar-refractivity contribution in [3.8, 4) is 0 Å². The molecule has 2 aliphatic rings. The first-order valence-electron chi connectivity index (χ1n) is 9.55. The predicted octanol–water partition coefficient (Wildman–Crippen LogP) is 1.66. The Morgan fingerprint density at radius 1 is 1.08 bits per heavy atom. The number of hydrogen-bond acceptors (Lipinski definition) is 3. The summed E-state index contributed by atoms with van der Waals surface area (Å²) in [6.45, 7) is 11.3. The number of piperidine rings is 2. The Balaban J connectivity index is 1.75. The number of carbonyl (C=O) groups is 2. The lowest BCUT2D eigenvalue weighted by Crippen LogP contribution is -2.51. The molecule has 2 N–H and O–H groups in total. The molecule has 2 saturated heterocycles. The van der Waals surface area contributed by atoms with Gasteiger partial charge in [-0.3, -0.25) is 9.69 Å². The lowest BCUT2D eigenvalue weighted by Gasteiger charge is -2.42. The van der Waals surface area contributed by atoms with Gasteiger partial charge in [-0.25, -0.2) is 4.79 Å². The molecule has 0 saturated carbocycles. The summed E-state index contributed by atoms with van der Waals surface area (Å²) >= 11 is 0. The fourth-order valence-corrected chi connectivity index (χ4v) is 3.87. The van der Waals surface area contributed by atoms with E-state index in [1.165, 1.54) is 12.8 Å². The van der Waals surface area contributed by atoms with Gasteiger partial charge in [-0.05, 0) is 45.1 Å². The number of hydrogen-bond donors (Lipinski definition) is 2. The summed E-state index contributed by atoms with van der Waals surface area (Å²) in [5.74, 6) is 0.925. The average Bonchev–Trinajstić information content (AvgIpc) is 2.60. The maximum atomic E-state index is 12.1. The first-order chi connectivity index (χ1) is 11.5. The van der Waals surface area contributed by atoms with Crippen LogP contribution in [0.25, 0.3) is 0 Å². The van der Waals surface area contributed by atoms with Gasteiger partial charge in [-0.1, -0.05) is 13.8 Å². The molecule has 0 aliphatic carbocycles. The van der Waals surface area contributed by atoms with Gasteiger partial charge < -0.3 is 15.5 Å².